The molecule has 0 fully saturated rings. The van der Waals surface area contributed by atoms with Gasteiger partial charge in [0, 0.05) is 13.1 Å². The van der Waals surface area contributed by atoms with E-state index in [1.54, 1.807) is 44.6 Å². The van der Waals surface area contributed by atoms with E-state index in [-0.39, 0.29) is 18.3 Å². The Kier molecular flexibility index (Phi) is 6.96. The number of hydrogen-bond acceptors (Lipinski definition) is 7. The van der Waals surface area contributed by atoms with Crippen LogP contribution in [0.1, 0.15) is 18.1 Å². The number of pyridine rings is 1. The molecular formula is C18H19N5O4. The summed E-state index contributed by atoms with van der Waals surface area (Å²) in [5.41, 5.74) is 3.43. The summed E-state index contributed by atoms with van der Waals surface area (Å²) in [5.74, 6) is 1.00. The van der Waals surface area contributed by atoms with E-state index >= 15 is 0 Å². The van der Waals surface area contributed by atoms with E-state index in [1.165, 1.54) is 13.1 Å². The van der Waals surface area contributed by atoms with Gasteiger partial charge in [-0.1, -0.05) is 6.07 Å². The van der Waals surface area contributed by atoms with Gasteiger partial charge in [-0.25, -0.2) is 9.98 Å². The van der Waals surface area contributed by atoms with Gasteiger partial charge in [0.05, 0.1) is 31.9 Å². The van der Waals surface area contributed by atoms with Crippen molar-refractivity contribution >= 4 is 17.7 Å². The first kappa shape index (κ1) is 19.5. The number of rotatable bonds is 5. The number of aliphatic imine (C=N–C) groups is 1. The van der Waals surface area contributed by atoms with Gasteiger partial charge in [0.25, 0.3) is 0 Å². The van der Waals surface area contributed by atoms with Crippen molar-refractivity contribution in [1.29, 1.82) is 5.26 Å². The lowest BCUT2D eigenvalue weighted by Gasteiger charge is -2.14. The van der Waals surface area contributed by atoms with E-state index in [4.69, 9.17) is 14.3 Å². The van der Waals surface area contributed by atoms with Crippen molar-refractivity contribution < 1.29 is 19.1 Å². The number of hydroxylamine groups is 1. The molecule has 0 aliphatic heterocycles. The molecule has 0 unspecified atom stereocenters. The number of guanidine groups is 1. The van der Waals surface area contributed by atoms with Gasteiger partial charge < -0.3 is 19.6 Å². The fourth-order valence-corrected chi connectivity index (χ4v) is 2.17. The molecule has 0 saturated carbocycles. The zero-order valence-electron chi connectivity index (χ0n) is 15.1. The van der Waals surface area contributed by atoms with Crippen LogP contribution in [-0.4, -0.2) is 31.1 Å². The number of nitrogens with one attached hydrogen (secondary N) is 2. The highest BCUT2D eigenvalue weighted by Crippen LogP contribution is 2.28. The van der Waals surface area contributed by atoms with Gasteiger partial charge in [0.2, 0.25) is 5.96 Å². The Morgan fingerprint density at radius 1 is 1.22 bits per heavy atom. The molecule has 0 aliphatic rings. The number of anilines is 1. The maximum atomic E-state index is 11.1. The number of hydrogen-bond donors (Lipinski definition) is 2. The van der Waals surface area contributed by atoms with Crippen LogP contribution in [0.15, 0.2) is 41.5 Å². The number of nitriles is 1. The Balaban J connectivity index is 2.31. The highest BCUT2D eigenvalue weighted by Gasteiger charge is 2.12. The third-order valence-corrected chi connectivity index (χ3v) is 3.38. The highest BCUT2D eigenvalue weighted by atomic mass is 16.7. The maximum absolute atomic E-state index is 11.1. The minimum absolute atomic E-state index is 0.0911. The molecule has 140 valence electrons. The van der Waals surface area contributed by atoms with Crippen LogP contribution in [0.2, 0.25) is 0 Å². The smallest absolute Gasteiger partial charge is 0.329 e. The van der Waals surface area contributed by atoms with E-state index in [0.717, 1.165) is 0 Å². The average molecular weight is 369 g/mol. The van der Waals surface area contributed by atoms with Gasteiger partial charge in [0.1, 0.15) is 17.6 Å². The van der Waals surface area contributed by atoms with Crippen LogP contribution in [0, 0.1) is 11.3 Å². The van der Waals surface area contributed by atoms with Gasteiger partial charge in [-0.3, -0.25) is 4.79 Å². The van der Waals surface area contributed by atoms with Crippen LogP contribution in [-0.2, 0) is 16.2 Å². The summed E-state index contributed by atoms with van der Waals surface area (Å²) in [6.45, 7) is 1.40. The van der Waals surface area contributed by atoms with Crippen molar-refractivity contribution in [2.24, 2.45) is 4.99 Å². The quantitative estimate of drug-likeness (QED) is 0.467. The Hall–Kier alpha value is -3.80. The molecule has 1 heterocycles. The summed E-state index contributed by atoms with van der Waals surface area (Å²) in [4.78, 5) is 24.4. The zero-order valence-corrected chi connectivity index (χ0v) is 15.1. The summed E-state index contributed by atoms with van der Waals surface area (Å²) in [5, 5.41) is 12.0. The van der Waals surface area contributed by atoms with Crippen molar-refractivity contribution in [3.8, 4) is 17.6 Å². The molecule has 0 saturated heterocycles. The molecule has 0 atom stereocenters. The molecule has 9 nitrogen and oxygen atoms in total. The Morgan fingerprint density at radius 2 is 1.93 bits per heavy atom. The molecular weight excluding hydrogens is 350 g/mol. The summed E-state index contributed by atoms with van der Waals surface area (Å²) in [6, 6.07) is 10.6. The van der Waals surface area contributed by atoms with Crippen LogP contribution in [0.5, 0.6) is 11.5 Å². The van der Waals surface area contributed by atoms with Crippen LogP contribution < -0.4 is 20.3 Å². The Bertz CT molecular complexity index is 854. The normalized spacial score (nSPS) is 10.5. The molecule has 1 aromatic heterocycles. The molecule has 2 rings (SSSR count). The largest absolute Gasteiger partial charge is 0.496 e. The number of ether oxygens (including phenoxy) is 2. The second kappa shape index (κ2) is 9.62. The van der Waals surface area contributed by atoms with Gasteiger partial charge >= 0.3 is 5.97 Å². The topological polar surface area (TPSA) is 118 Å². The molecule has 0 aliphatic carbocycles. The number of aromatic nitrogens is 1. The maximum Gasteiger partial charge on any atom is 0.329 e. The first-order valence-electron chi connectivity index (χ1n) is 7.89. The van der Waals surface area contributed by atoms with Gasteiger partial charge in [-0.05, 0) is 24.3 Å². The fourth-order valence-electron chi connectivity index (χ4n) is 2.17. The van der Waals surface area contributed by atoms with E-state index in [9.17, 15) is 10.1 Å². The second-order valence-electron chi connectivity index (χ2n) is 5.14. The van der Waals surface area contributed by atoms with E-state index in [0.29, 0.717) is 22.6 Å². The molecule has 0 radical (unpaired) electrons. The summed E-state index contributed by atoms with van der Waals surface area (Å²) in [6.07, 6.45) is 1.52. The number of carbonyl (C=O) groups excluding carboxylic acids is 1. The molecule has 1 aromatic carbocycles. The van der Waals surface area contributed by atoms with Crippen LogP contribution >= 0.6 is 0 Å². The average Bonchev–Trinajstić information content (AvgIpc) is 2.69. The number of benzene rings is 1. The third kappa shape index (κ3) is 5.34. The molecule has 2 N–H and O–H groups in total. The first-order valence-corrected chi connectivity index (χ1v) is 7.89. The molecule has 2 aromatic rings. The van der Waals surface area contributed by atoms with Crippen LogP contribution in [0.3, 0.4) is 0 Å². The molecule has 27 heavy (non-hydrogen) atoms. The molecule has 0 bridgehead atoms. The van der Waals surface area contributed by atoms with Gasteiger partial charge in [-0.2, -0.15) is 10.7 Å². The van der Waals surface area contributed by atoms with E-state index in [1.807, 2.05) is 6.07 Å². The summed E-state index contributed by atoms with van der Waals surface area (Å²) in [7, 11) is 3.09. The van der Waals surface area contributed by atoms with E-state index < -0.39 is 5.97 Å². The van der Waals surface area contributed by atoms with Crippen molar-refractivity contribution in [2.45, 2.75) is 13.5 Å². The Labute approximate surface area is 156 Å². The fraction of sp³-hybridized carbons (Fsp3) is 0.222. The SMILES string of the molecule is COc1cccc(OC)c1CN=C(NOC(C)=O)Nc1ncccc1C#N. The highest BCUT2D eigenvalue weighted by molar-refractivity contribution is 5.93. The van der Waals surface area contributed by atoms with Crippen molar-refractivity contribution in [2.75, 3.05) is 19.5 Å². The van der Waals surface area contributed by atoms with Gasteiger partial charge in [0.15, 0.2) is 5.82 Å². The first-order chi connectivity index (χ1) is 13.1. The molecule has 0 spiro atoms. The lowest BCUT2D eigenvalue weighted by Crippen LogP contribution is -2.33. The summed E-state index contributed by atoms with van der Waals surface area (Å²) >= 11 is 0. The number of nitrogens with zero attached hydrogens (tertiary/aromatic N) is 3. The van der Waals surface area contributed by atoms with Crippen molar-refractivity contribution in [3.05, 3.63) is 47.7 Å². The van der Waals surface area contributed by atoms with Gasteiger partial charge in [-0.15, -0.1) is 0 Å². The van der Waals surface area contributed by atoms with E-state index in [2.05, 4.69) is 20.8 Å². The summed E-state index contributed by atoms with van der Waals surface area (Å²) < 4.78 is 10.7. The van der Waals surface area contributed by atoms with Crippen molar-refractivity contribution in [1.82, 2.24) is 10.5 Å². The van der Waals surface area contributed by atoms with Crippen LogP contribution in [0.25, 0.3) is 0 Å². The predicted octanol–water partition coefficient (Wildman–Crippen LogP) is 2.01. The third-order valence-electron chi connectivity index (χ3n) is 3.38. The monoisotopic (exact) mass is 369 g/mol. The molecule has 9 heteroatoms. The Morgan fingerprint density at radius 3 is 2.52 bits per heavy atom. The lowest BCUT2D eigenvalue weighted by atomic mass is 10.2. The number of methoxy groups -OCH3 is 2. The lowest BCUT2D eigenvalue weighted by molar-refractivity contribution is -0.145. The number of carbonyl (C=O) groups is 1. The minimum atomic E-state index is -0.555. The minimum Gasteiger partial charge on any atom is -0.496 e. The van der Waals surface area contributed by atoms with Crippen LogP contribution in [0.4, 0.5) is 5.82 Å². The standard InChI is InChI=1S/C18H19N5O4/c1-12(24)27-23-18(22-17-13(10-19)6-5-9-20-17)21-11-14-15(25-2)7-4-8-16(14)26-3/h4-9H,11H2,1-3H3,(H2,20,21,22,23). The second-order valence-corrected chi connectivity index (χ2v) is 5.14. The zero-order chi connectivity index (χ0) is 19.6. The molecule has 0 amide bonds. The predicted molar refractivity (Wildman–Crippen MR) is 98.2 cm³/mol. The van der Waals surface area contributed by atoms with Crippen molar-refractivity contribution in [3.63, 3.8) is 0 Å².